The summed E-state index contributed by atoms with van der Waals surface area (Å²) >= 11 is 6.28. The number of nitrogens with zero attached hydrogens (tertiary/aromatic N) is 1. The molecule has 0 aromatic heterocycles. The van der Waals surface area contributed by atoms with E-state index in [1.165, 1.54) is 31.3 Å². The lowest BCUT2D eigenvalue weighted by Crippen LogP contribution is -2.30. The molecule has 1 fully saturated rings. The molecule has 2 aromatic carbocycles. The van der Waals surface area contributed by atoms with E-state index in [2.05, 4.69) is 13.8 Å². The first-order valence-electron chi connectivity index (χ1n) is 11.2. The van der Waals surface area contributed by atoms with E-state index < -0.39 is 17.7 Å². The van der Waals surface area contributed by atoms with Crippen LogP contribution >= 0.6 is 11.6 Å². The molecule has 34 heavy (non-hydrogen) atoms. The van der Waals surface area contributed by atoms with E-state index in [1.54, 1.807) is 24.3 Å². The number of amides is 1. The van der Waals surface area contributed by atoms with Crippen LogP contribution in [0.15, 0.2) is 42.0 Å². The lowest BCUT2D eigenvalue weighted by atomic mass is 9.94. The summed E-state index contributed by atoms with van der Waals surface area (Å²) in [6, 6.07) is 9.44. The van der Waals surface area contributed by atoms with Crippen LogP contribution in [0, 0.1) is 5.92 Å². The predicted octanol–water partition coefficient (Wildman–Crippen LogP) is 5.22. The molecule has 8 heteroatoms. The number of benzene rings is 2. The molecule has 0 aliphatic carbocycles. The average molecular weight is 488 g/mol. The Bertz CT molecular complexity index is 1090. The molecule has 1 aliphatic rings. The average Bonchev–Trinajstić information content (AvgIpc) is 3.07. The van der Waals surface area contributed by atoms with E-state index in [1.807, 2.05) is 6.92 Å². The summed E-state index contributed by atoms with van der Waals surface area (Å²) < 4.78 is 16.4. The minimum absolute atomic E-state index is 0.0196. The Kier molecular flexibility index (Phi) is 8.10. The molecule has 182 valence electrons. The summed E-state index contributed by atoms with van der Waals surface area (Å²) in [5.74, 6) is -0.0941. The van der Waals surface area contributed by atoms with Gasteiger partial charge in [0.2, 0.25) is 0 Å². The Balaban J connectivity index is 2.14. The second kappa shape index (κ2) is 10.8. The first kappa shape index (κ1) is 25.4. The van der Waals surface area contributed by atoms with Crippen LogP contribution < -0.4 is 14.2 Å². The fourth-order valence-electron chi connectivity index (χ4n) is 3.90. The van der Waals surface area contributed by atoms with Crippen molar-refractivity contribution in [1.82, 2.24) is 4.90 Å². The maximum absolute atomic E-state index is 13.1. The molecule has 1 atom stereocenters. The highest BCUT2D eigenvalue weighted by atomic mass is 35.5. The van der Waals surface area contributed by atoms with E-state index in [4.69, 9.17) is 25.8 Å². The lowest BCUT2D eigenvalue weighted by molar-refractivity contribution is -0.139. The maximum Gasteiger partial charge on any atom is 0.295 e. The standard InChI is InChI=1S/C26H30ClNO6/c1-6-11-28-23(16-7-9-17(10-8-16)34-14-15(2)3)22(25(30)26(28)31)24(29)18-12-19(27)21(33-5)13-20(18)32-4/h7-10,12-13,15,23,29H,6,11,14H2,1-5H3/b24-22+. The number of hydrogen-bond donors (Lipinski definition) is 1. The van der Waals surface area contributed by atoms with Gasteiger partial charge < -0.3 is 24.2 Å². The minimum Gasteiger partial charge on any atom is -0.507 e. The number of hydrogen-bond acceptors (Lipinski definition) is 6. The van der Waals surface area contributed by atoms with Crippen molar-refractivity contribution >= 4 is 29.1 Å². The van der Waals surface area contributed by atoms with Crippen molar-refractivity contribution in [2.24, 2.45) is 5.92 Å². The van der Waals surface area contributed by atoms with Crippen molar-refractivity contribution in [2.75, 3.05) is 27.4 Å². The van der Waals surface area contributed by atoms with Gasteiger partial charge in [0.1, 0.15) is 23.0 Å². The molecule has 1 aliphatic heterocycles. The van der Waals surface area contributed by atoms with Gasteiger partial charge in [-0.05, 0) is 36.1 Å². The maximum atomic E-state index is 13.1. The molecule has 7 nitrogen and oxygen atoms in total. The van der Waals surface area contributed by atoms with Gasteiger partial charge >= 0.3 is 0 Å². The number of aliphatic hydroxyl groups excluding tert-OH is 1. The van der Waals surface area contributed by atoms with Crippen molar-refractivity contribution in [1.29, 1.82) is 0 Å². The highest BCUT2D eigenvalue weighted by molar-refractivity contribution is 6.46. The molecule has 1 N–H and O–H groups in total. The van der Waals surface area contributed by atoms with Crippen LogP contribution in [-0.4, -0.2) is 49.1 Å². The number of methoxy groups -OCH3 is 2. The Morgan fingerprint density at radius 2 is 1.74 bits per heavy atom. The molecule has 3 rings (SSSR count). The van der Waals surface area contributed by atoms with Gasteiger partial charge in [0, 0.05) is 12.6 Å². The number of likely N-dealkylation sites (tertiary alicyclic amines) is 1. The molecule has 1 heterocycles. The largest absolute Gasteiger partial charge is 0.507 e. The van der Waals surface area contributed by atoms with Crippen LogP contribution in [0.4, 0.5) is 0 Å². The van der Waals surface area contributed by atoms with Crippen LogP contribution in [0.1, 0.15) is 44.4 Å². The fraction of sp³-hybridized carbons (Fsp3) is 0.385. The van der Waals surface area contributed by atoms with Crippen molar-refractivity contribution in [3.05, 3.63) is 58.1 Å². The molecule has 1 amide bonds. The van der Waals surface area contributed by atoms with E-state index in [-0.39, 0.29) is 27.7 Å². The number of carbonyl (C=O) groups excluding carboxylic acids is 2. The fourth-order valence-corrected chi connectivity index (χ4v) is 4.14. The van der Waals surface area contributed by atoms with E-state index in [0.717, 1.165) is 0 Å². The highest BCUT2D eigenvalue weighted by Crippen LogP contribution is 2.43. The summed E-state index contributed by atoms with van der Waals surface area (Å²) in [4.78, 5) is 27.5. The first-order valence-corrected chi connectivity index (χ1v) is 11.5. The zero-order valence-corrected chi connectivity index (χ0v) is 20.8. The van der Waals surface area contributed by atoms with Crippen molar-refractivity contribution in [2.45, 2.75) is 33.2 Å². The van der Waals surface area contributed by atoms with E-state index in [0.29, 0.717) is 42.6 Å². The van der Waals surface area contributed by atoms with Crippen LogP contribution in [0.3, 0.4) is 0 Å². The molecule has 0 saturated carbocycles. The molecule has 1 unspecified atom stereocenters. The number of Topliss-reactive ketones (excluding diaryl/α,β-unsaturated/α-hetero) is 1. The smallest absolute Gasteiger partial charge is 0.295 e. The van der Waals surface area contributed by atoms with Crippen LogP contribution in [0.5, 0.6) is 17.2 Å². The van der Waals surface area contributed by atoms with Crippen LogP contribution in [0.25, 0.3) is 5.76 Å². The van der Waals surface area contributed by atoms with Crippen molar-refractivity contribution < 1.29 is 28.9 Å². The third-order valence-electron chi connectivity index (χ3n) is 5.51. The topological polar surface area (TPSA) is 85.3 Å². The predicted molar refractivity (Wildman–Crippen MR) is 131 cm³/mol. The van der Waals surface area contributed by atoms with Gasteiger partial charge in [-0.25, -0.2) is 0 Å². The second-order valence-electron chi connectivity index (χ2n) is 8.45. The third-order valence-corrected chi connectivity index (χ3v) is 5.81. The van der Waals surface area contributed by atoms with Gasteiger partial charge in [0.15, 0.2) is 0 Å². The number of rotatable bonds is 9. The SMILES string of the molecule is CCCN1C(=O)C(=O)/C(=C(/O)c2cc(Cl)c(OC)cc2OC)C1c1ccc(OCC(C)C)cc1. The van der Waals surface area contributed by atoms with E-state index >= 15 is 0 Å². The molecular formula is C26H30ClNO6. The Morgan fingerprint density at radius 3 is 2.29 bits per heavy atom. The molecule has 0 radical (unpaired) electrons. The van der Waals surface area contributed by atoms with Crippen LogP contribution in [-0.2, 0) is 9.59 Å². The van der Waals surface area contributed by atoms with Gasteiger partial charge in [0.25, 0.3) is 11.7 Å². The van der Waals surface area contributed by atoms with Crippen molar-refractivity contribution in [3.8, 4) is 17.2 Å². The molecule has 1 saturated heterocycles. The summed E-state index contributed by atoms with van der Waals surface area (Å²) in [6.45, 7) is 6.98. The second-order valence-corrected chi connectivity index (χ2v) is 8.86. The Morgan fingerprint density at radius 1 is 1.09 bits per heavy atom. The Labute approximate surface area is 204 Å². The molecule has 2 aromatic rings. The molecular weight excluding hydrogens is 458 g/mol. The monoisotopic (exact) mass is 487 g/mol. The lowest BCUT2D eigenvalue weighted by Gasteiger charge is -2.25. The normalized spacial score (nSPS) is 17.4. The highest BCUT2D eigenvalue weighted by Gasteiger charge is 2.46. The van der Waals surface area contributed by atoms with Crippen LogP contribution in [0.2, 0.25) is 5.02 Å². The number of carbonyl (C=O) groups is 2. The van der Waals surface area contributed by atoms with Gasteiger partial charge in [-0.15, -0.1) is 0 Å². The van der Waals surface area contributed by atoms with Gasteiger partial charge in [-0.2, -0.15) is 0 Å². The third kappa shape index (κ3) is 4.99. The van der Waals surface area contributed by atoms with Gasteiger partial charge in [0.05, 0.1) is 43.0 Å². The molecule has 0 bridgehead atoms. The zero-order valence-electron chi connectivity index (χ0n) is 20.1. The molecule has 0 spiro atoms. The summed E-state index contributed by atoms with van der Waals surface area (Å²) in [7, 11) is 2.90. The van der Waals surface area contributed by atoms with Crippen molar-refractivity contribution in [3.63, 3.8) is 0 Å². The summed E-state index contributed by atoms with van der Waals surface area (Å²) in [6.07, 6.45) is 0.650. The number of aliphatic hydroxyl groups is 1. The minimum atomic E-state index is -0.760. The zero-order chi connectivity index (χ0) is 25.0. The summed E-state index contributed by atoms with van der Waals surface area (Å²) in [5, 5.41) is 11.5. The number of ether oxygens (including phenoxy) is 3. The first-order chi connectivity index (χ1) is 16.2. The van der Waals surface area contributed by atoms with E-state index in [9.17, 15) is 14.7 Å². The number of ketones is 1. The summed E-state index contributed by atoms with van der Waals surface area (Å²) in [5.41, 5.74) is 0.864. The number of halogens is 1. The van der Waals surface area contributed by atoms with Gasteiger partial charge in [-0.1, -0.05) is 44.5 Å². The quantitative estimate of drug-likeness (QED) is 0.296. The van der Waals surface area contributed by atoms with Gasteiger partial charge in [-0.3, -0.25) is 9.59 Å². The Hall–Kier alpha value is -3.19.